The lowest BCUT2D eigenvalue weighted by molar-refractivity contribution is 0.156. The van der Waals surface area contributed by atoms with E-state index in [0.29, 0.717) is 40.7 Å². The molecule has 1 aliphatic rings. The number of fused-ring (bicyclic) bond motifs is 1. The summed E-state index contributed by atoms with van der Waals surface area (Å²) in [5.41, 5.74) is 2.41. The van der Waals surface area contributed by atoms with E-state index in [1.807, 2.05) is 33.8 Å². The molecule has 0 amide bonds. The van der Waals surface area contributed by atoms with E-state index in [1.165, 1.54) is 0 Å². The minimum absolute atomic E-state index is 0.246. The molecule has 0 bridgehead atoms. The van der Waals surface area contributed by atoms with Gasteiger partial charge in [-0.25, -0.2) is 4.39 Å². The van der Waals surface area contributed by atoms with Gasteiger partial charge in [-0.15, -0.1) is 0 Å². The van der Waals surface area contributed by atoms with Crippen molar-refractivity contribution in [2.45, 2.75) is 53.6 Å². The number of ether oxygens (including phenoxy) is 2. The van der Waals surface area contributed by atoms with Gasteiger partial charge in [-0.3, -0.25) is 0 Å². The van der Waals surface area contributed by atoms with E-state index < -0.39 is 18.0 Å². The topological polar surface area (TPSA) is 38.7 Å². The van der Waals surface area contributed by atoms with E-state index in [4.69, 9.17) is 21.1 Å². The summed E-state index contributed by atoms with van der Waals surface area (Å²) in [6.07, 6.45) is 2.49. The first-order valence-electron chi connectivity index (χ1n) is 9.06. The predicted molar refractivity (Wildman–Crippen MR) is 106 cm³/mol. The van der Waals surface area contributed by atoms with Crippen molar-refractivity contribution in [3.63, 3.8) is 0 Å². The lowest BCUT2D eigenvalue weighted by Crippen LogP contribution is -2.30. The molecule has 0 saturated carbocycles. The molecule has 5 heteroatoms. The normalized spacial score (nSPS) is 16.6. The van der Waals surface area contributed by atoms with Crippen molar-refractivity contribution < 1.29 is 19.0 Å². The largest absolute Gasteiger partial charge is 0.492 e. The SMILES string of the molecule is CCOc1c(C(CC)=C(F)CO)cc2c(c1Cl)OC(C)(C)C=C2C(C)C. The van der Waals surface area contributed by atoms with Crippen molar-refractivity contribution in [3.05, 3.63) is 34.1 Å². The molecule has 0 saturated heterocycles. The third-order valence-corrected chi connectivity index (χ3v) is 4.75. The molecule has 2 rings (SSSR count). The van der Waals surface area contributed by atoms with E-state index in [2.05, 4.69) is 19.9 Å². The van der Waals surface area contributed by atoms with E-state index >= 15 is 0 Å². The van der Waals surface area contributed by atoms with Crippen molar-refractivity contribution in [3.8, 4) is 11.5 Å². The summed E-state index contributed by atoms with van der Waals surface area (Å²) in [5.74, 6) is 0.635. The van der Waals surface area contributed by atoms with Crippen LogP contribution >= 0.6 is 11.6 Å². The Hall–Kier alpha value is -1.52. The number of hydrogen-bond donors (Lipinski definition) is 1. The van der Waals surface area contributed by atoms with E-state index in [0.717, 1.165) is 11.1 Å². The molecule has 26 heavy (non-hydrogen) atoms. The molecule has 1 heterocycles. The average molecular weight is 383 g/mol. The van der Waals surface area contributed by atoms with Crippen LogP contribution in [0.3, 0.4) is 0 Å². The van der Waals surface area contributed by atoms with Crippen molar-refractivity contribution in [2.24, 2.45) is 5.92 Å². The van der Waals surface area contributed by atoms with Gasteiger partial charge < -0.3 is 14.6 Å². The van der Waals surface area contributed by atoms with Crippen molar-refractivity contribution in [1.29, 1.82) is 0 Å². The van der Waals surface area contributed by atoms with Gasteiger partial charge in [0.15, 0.2) is 5.75 Å². The van der Waals surface area contributed by atoms with Crippen LogP contribution in [0.15, 0.2) is 18.0 Å². The number of aliphatic hydroxyl groups excluding tert-OH is 1. The Morgan fingerprint density at radius 2 is 2.00 bits per heavy atom. The van der Waals surface area contributed by atoms with Crippen LogP contribution in [-0.2, 0) is 0 Å². The second-order valence-corrected chi connectivity index (χ2v) is 7.61. The molecule has 0 spiro atoms. The van der Waals surface area contributed by atoms with Crippen LogP contribution in [0.25, 0.3) is 11.1 Å². The zero-order valence-electron chi connectivity index (χ0n) is 16.4. The first-order chi connectivity index (χ1) is 12.2. The number of benzene rings is 1. The standard InChI is InChI=1S/C21H28ClFO3/c1-7-13(17(23)11-24)14-9-15-16(12(3)4)10-21(5,6)26-20(15)18(22)19(14)25-8-2/h9-10,12,24H,7-8,11H2,1-6H3. The molecule has 1 aromatic carbocycles. The average Bonchev–Trinajstić information content (AvgIpc) is 2.58. The van der Waals surface area contributed by atoms with Crippen molar-refractivity contribution >= 4 is 22.7 Å². The summed E-state index contributed by atoms with van der Waals surface area (Å²) in [7, 11) is 0. The number of allylic oxidation sites excluding steroid dienone is 2. The van der Waals surface area contributed by atoms with Gasteiger partial charge in [-0.05, 0) is 56.4 Å². The van der Waals surface area contributed by atoms with Crippen LogP contribution in [0.4, 0.5) is 4.39 Å². The van der Waals surface area contributed by atoms with Gasteiger partial charge in [0.05, 0.1) is 13.2 Å². The van der Waals surface area contributed by atoms with Crippen molar-refractivity contribution in [1.82, 2.24) is 0 Å². The summed E-state index contributed by atoms with van der Waals surface area (Å²) in [4.78, 5) is 0. The molecule has 0 fully saturated rings. The van der Waals surface area contributed by atoms with Gasteiger partial charge in [0.25, 0.3) is 0 Å². The lowest BCUT2D eigenvalue weighted by Gasteiger charge is -2.34. The highest BCUT2D eigenvalue weighted by molar-refractivity contribution is 6.34. The Bertz CT molecular complexity index is 748. The highest BCUT2D eigenvalue weighted by Crippen LogP contribution is 2.50. The lowest BCUT2D eigenvalue weighted by atomic mass is 9.85. The monoisotopic (exact) mass is 382 g/mol. The number of halogens is 2. The molecule has 1 aliphatic heterocycles. The Kier molecular flexibility index (Phi) is 6.41. The molecule has 0 aromatic heterocycles. The maximum Gasteiger partial charge on any atom is 0.150 e. The van der Waals surface area contributed by atoms with Gasteiger partial charge in [0, 0.05) is 11.1 Å². The maximum atomic E-state index is 14.3. The van der Waals surface area contributed by atoms with Crippen molar-refractivity contribution in [2.75, 3.05) is 13.2 Å². The first kappa shape index (κ1) is 20.8. The molecule has 0 unspecified atom stereocenters. The third-order valence-electron chi connectivity index (χ3n) is 4.41. The Labute approximate surface area is 160 Å². The second-order valence-electron chi connectivity index (χ2n) is 7.23. The fourth-order valence-electron chi connectivity index (χ4n) is 3.29. The van der Waals surface area contributed by atoms with Crippen LogP contribution in [0, 0.1) is 5.92 Å². The minimum Gasteiger partial charge on any atom is -0.492 e. The predicted octanol–water partition coefficient (Wildman–Crippen LogP) is 6.03. The number of aliphatic hydroxyl groups is 1. The summed E-state index contributed by atoms with van der Waals surface area (Å²) in [6.45, 7) is 11.6. The van der Waals surface area contributed by atoms with Crippen LogP contribution in [0.1, 0.15) is 59.1 Å². The van der Waals surface area contributed by atoms with E-state index in [-0.39, 0.29) is 5.92 Å². The second kappa shape index (κ2) is 8.01. The van der Waals surface area contributed by atoms with Gasteiger partial charge >= 0.3 is 0 Å². The summed E-state index contributed by atoms with van der Waals surface area (Å²) >= 11 is 6.67. The molecule has 0 radical (unpaired) electrons. The summed E-state index contributed by atoms with van der Waals surface area (Å²) in [6, 6.07) is 1.88. The molecule has 3 nitrogen and oxygen atoms in total. The highest BCUT2D eigenvalue weighted by atomic mass is 35.5. The molecule has 0 aliphatic carbocycles. The van der Waals surface area contributed by atoms with Crippen LogP contribution in [0.5, 0.6) is 11.5 Å². The zero-order chi connectivity index (χ0) is 19.6. The van der Waals surface area contributed by atoms with Gasteiger partial charge in [-0.2, -0.15) is 0 Å². The van der Waals surface area contributed by atoms with E-state index in [1.54, 1.807) is 0 Å². The number of rotatable bonds is 6. The van der Waals surface area contributed by atoms with E-state index in [9.17, 15) is 9.50 Å². The fourth-order valence-corrected chi connectivity index (χ4v) is 3.58. The molecular formula is C21H28ClFO3. The Morgan fingerprint density at radius 3 is 2.50 bits per heavy atom. The number of hydrogen-bond acceptors (Lipinski definition) is 3. The molecule has 1 aromatic rings. The fraction of sp³-hybridized carbons (Fsp3) is 0.524. The maximum absolute atomic E-state index is 14.3. The van der Waals surface area contributed by atoms with Gasteiger partial charge in [0.1, 0.15) is 22.2 Å². The van der Waals surface area contributed by atoms with Gasteiger partial charge in [-0.1, -0.05) is 32.4 Å². The van der Waals surface area contributed by atoms with Crippen LogP contribution in [-0.4, -0.2) is 23.9 Å². The molecule has 1 N–H and O–H groups in total. The summed E-state index contributed by atoms with van der Waals surface area (Å²) < 4.78 is 26.2. The quantitative estimate of drug-likeness (QED) is 0.652. The zero-order valence-corrected chi connectivity index (χ0v) is 17.1. The van der Waals surface area contributed by atoms with Crippen LogP contribution in [0.2, 0.25) is 5.02 Å². The van der Waals surface area contributed by atoms with Gasteiger partial charge in [0.2, 0.25) is 0 Å². The summed E-state index contributed by atoms with van der Waals surface area (Å²) in [5, 5.41) is 9.64. The Balaban J connectivity index is 2.85. The highest BCUT2D eigenvalue weighted by Gasteiger charge is 2.32. The first-order valence-corrected chi connectivity index (χ1v) is 9.44. The third kappa shape index (κ3) is 3.91. The smallest absolute Gasteiger partial charge is 0.150 e. The van der Waals surface area contributed by atoms with Crippen LogP contribution < -0.4 is 9.47 Å². The minimum atomic E-state index is -0.653. The molecule has 144 valence electrons. The molecule has 0 atom stereocenters. The Morgan fingerprint density at radius 1 is 1.35 bits per heavy atom. The molecular weight excluding hydrogens is 355 g/mol.